The minimum atomic E-state index is -0.391. The van der Waals surface area contributed by atoms with Crippen molar-refractivity contribution in [3.05, 3.63) is 101 Å². The third-order valence-corrected chi connectivity index (χ3v) is 6.68. The number of amides is 3. The van der Waals surface area contributed by atoms with Gasteiger partial charge in [-0.2, -0.15) is 0 Å². The molecule has 0 bridgehead atoms. The van der Waals surface area contributed by atoms with Crippen molar-refractivity contribution in [2.24, 2.45) is 0 Å². The van der Waals surface area contributed by atoms with Crippen molar-refractivity contribution in [2.45, 2.75) is 32.4 Å². The monoisotopic (exact) mass is 453 g/mol. The second-order valence-corrected chi connectivity index (χ2v) is 9.00. The number of carbonyl (C=O) groups excluding carboxylic acids is 3. The largest absolute Gasteiger partial charge is 0.349 e. The van der Waals surface area contributed by atoms with Crippen LogP contribution in [0.4, 0.5) is 5.69 Å². The molecule has 0 saturated carbocycles. The van der Waals surface area contributed by atoms with Crippen LogP contribution in [0, 0.1) is 6.92 Å². The molecule has 6 heteroatoms. The number of fused-ring (bicyclic) bond motifs is 1. The second-order valence-electron chi connectivity index (χ2n) is 9.00. The van der Waals surface area contributed by atoms with Gasteiger partial charge in [-0.1, -0.05) is 48.5 Å². The number of nitrogens with zero attached hydrogens (tertiary/aromatic N) is 2. The summed E-state index contributed by atoms with van der Waals surface area (Å²) in [7, 11) is 0. The van der Waals surface area contributed by atoms with Crippen LogP contribution in [0.3, 0.4) is 0 Å². The van der Waals surface area contributed by atoms with Gasteiger partial charge in [-0.3, -0.25) is 19.3 Å². The van der Waals surface area contributed by atoms with E-state index >= 15 is 0 Å². The van der Waals surface area contributed by atoms with E-state index in [0.29, 0.717) is 16.8 Å². The highest BCUT2D eigenvalue weighted by atomic mass is 16.2. The first-order valence-corrected chi connectivity index (χ1v) is 11.7. The predicted molar refractivity (Wildman–Crippen MR) is 131 cm³/mol. The van der Waals surface area contributed by atoms with Crippen LogP contribution in [0.2, 0.25) is 0 Å². The van der Waals surface area contributed by atoms with Gasteiger partial charge in [0.1, 0.15) is 0 Å². The molecule has 0 spiro atoms. The van der Waals surface area contributed by atoms with E-state index in [1.807, 2.05) is 25.1 Å². The number of rotatable bonds is 5. The molecule has 2 heterocycles. The Morgan fingerprint density at radius 3 is 2.29 bits per heavy atom. The predicted octanol–water partition coefficient (Wildman–Crippen LogP) is 4.19. The van der Waals surface area contributed by atoms with E-state index in [1.54, 1.807) is 30.3 Å². The Morgan fingerprint density at radius 2 is 1.56 bits per heavy atom. The highest BCUT2D eigenvalue weighted by Crippen LogP contribution is 2.31. The Balaban J connectivity index is 1.24. The van der Waals surface area contributed by atoms with E-state index < -0.39 is 5.91 Å². The van der Waals surface area contributed by atoms with Crippen molar-refractivity contribution in [3.63, 3.8) is 0 Å². The summed E-state index contributed by atoms with van der Waals surface area (Å²) < 4.78 is 0. The number of imide groups is 1. The van der Waals surface area contributed by atoms with E-state index in [9.17, 15) is 14.4 Å². The van der Waals surface area contributed by atoms with Gasteiger partial charge in [-0.25, -0.2) is 4.90 Å². The first kappa shape index (κ1) is 22.0. The van der Waals surface area contributed by atoms with E-state index in [-0.39, 0.29) is 23.4 Å². The highest BCUT2D eigenvalue weighted by molar-refractivity contribution is 6.35. The van der Waals surface area contributed by atoms with E-state index in [0.717, 1.165) is 38.0 Å². The molecule has 172 valence electrons. The Labute approximate surface area is 199 Å². The Kier molecular flexibility index (Phi) is 5.99. The fraction of sp³-hybridized carbons (Fsp3) is 0.250. The first-order chi connectivity index (χ1) is 16.5. The summed E-state index contributed by atoms with van der Waals surface area (Å²) >= 11 is 0. The van der Waals surface area contributed by atoms with Crippen molar-refractivity contribution in [2.75, 3.05) is 18.0 Å². The molecule has 5 rings (SSSR count). The molecule has 3 amide bonds. The number of piperidine rings is 1. The van der Waals surface area contributed by atoms with E-state index in [4.69, 9.17) is 0 Å². The normalized spacial score (nSPS) is 16.6. The fourth-order valence-electron chi connectivity index (χ4n) is 4.76. The number of anilines is 1. The molecule has 2 aliphatic heterocycles. The molecule has 0 aliphatic carbocycles. The van der Waals surface area contributed by atoms with Crippen LogP contribution in [0.5, 0.6) is 0 Å². The average Bonchev–Trinajstić information content (AvgIpc) is 3.10. The number of hydrogen-bond acceptors (Lipinski definition) is 4. The highest BCUT2D eigenvalue weighted by Gasteiger charge is 2.37. The Hall–Kier alpha value is -3.77. The van der Waals surface area contributed by atoms with Crippen LogP contribution in [0.25, 0.3) is 0 Å². The van der Waals surface area contributed by atoms with Crippen LogP contribution in [-0.4, -0.2) is 41.8 Å². The molecule has 34 heavy (non-hydrogen) atoms. The Bertz CT molecular complexity index is 1250. The molecule has 6 nitrogen and oxygen atoms in total. The average molecular weight is 454 g/mol. The van der Waals surface area contributed by atoms with Gasteiger partial charge in [-0.05, 0) is 55.2 Å². The lowest BCUT2D eigenvalue weighted by Gasteiger charge is -2.32. The number of hydrogen-bond donors (Lipinski definition) is 1. The molecule has 2 aliphatic rings. The van der Waals surface area contributed by atoms with Gasteiger partial charge in [0, 0.05) is 31.2 Å². The van der Waals surface area contributed by atoms with E-state index in [1.165, 1.54) is 10.5 Å². The van der Waals surface area contributed by atoms with Crippen LogP contribution < -0.4 is 10.2 Å². The van der Waals surface area contributed by atoms with Crippen molar-refractivity contribution in [1.82, 2.24) is 10.2 Å². The molecule has 1 N–H and O–H groups in total. The molecular weight excluding hydrogens is 426 g/mol. The summed E-state index contributed by atoms with van der Waals surface area (Å²) in [5.74, 6) is -0.955. The molecule has 1 fully saturated rings. The smallest absolute Gasteiger partial charge is 0.266 e. The summed E-state index contributed by atoms with van der Waals surface area (Å²) in [5.41, 5.74) is 3.72. The molecule has 3 aromatic carbocycles. The van der Waals surface area contributed by atoms with Crippen LogP contribution in [0.1, 0.15) is 55.0 Å². The van der Waals surface area contributed by atoms with Gasteiger partial charge in [0.25, 0.3) is 17.7 Å². The van der Waals surface area contributed by atoms with E-state index in [2.05, 4.69) is 34.5 Å². The van der Waals surface area contributed by atoms with Crippen LogP contribution in [0.15, 0.2) is 72.8 Å². The minimum absolute atomic E-state index is 0.0913. The lowest BCUT2D eigenvalue weighted by atomic mass is 10.0. The molecular formula is C28H27N3O3. The number of benzene rings is 3. The summed E-state index contributed by atoms with van der Waals surface area (Å²) in [6.45, 7) is 4.62. The zero-order valence-corrected chi connectivity index (χ0v) is 19.2. The number of aryl methyl sites for hydroxylation is 1. The summed E-state index contributed by atoms with van der Waals surface area (Å²) in [5, 5.41) is 3.11. The Morgan fingerprint density at radius 1 is 0.882 bits per heavy atom. The third-order valence-electron chi connectivity index (χ3n) is 6.68. The number of likely N-dealkylation sites (tertiary alicyclic amines) is 1. The fourth-order valence-corrected chi connectivity index (χ4v) is 4.76. The number of para-hydroxylation sites is 1. The van der Waals surface area contributed by atoms with Crippen molar-refractivity contribution in [3.8, 4) is 0 Å². The zero-order valence-electron chi connectivity index (χ0n) is 19.2. The maximum absolute atomic E-state index is 13.1. The quantitative estimate of drug-likeness (QED) is 0.588. The summed E-state index contributed by atoms with van der Waals surface area (Å²) in [6, 6.07) is 22.5. The summed E-state index contributed by atoms with van der Waals surface area (Å²) in [4.78, 5) is 42.5. The van der Waals surface area contributed by atoms with Gasteiger partial charge >= 0.3 is 0 Å². The van der Waals surface area contributed by atoms with Gasteiger partial charge in [0.2, 0.25) is 0 Å². The molecule has 0 unspecified atom stereocenters. The molecule has 3 aromatic rings. The van der Waals surface area contributed by atoms with Gasteiger partial charge < -0.3 is 5.32 Å². The zero-order chi connectivity index (χ0) is 23.7. The maximum Gasteiger partial charge on any atom is 0.266 e. The van der Waals surface area contributed by atoms with Crippen molar-refractivity contribution in [1.29, 1.82) is 0 Å². The van der Waals surface area contributed by atoms with Crippen molar-refractivity contribution >= 4 is 23.4 Å². The molecule has 0 radical (unpaired) electrons. The maximum atomic E-state index is 13.1. The second kappa shape index (κ2) is 9.23. The number of carbonyl (C=O) groups is 3. The van der Waals surface area contributed by atoms with Crippen LogP contribution >= 0.6 is 0 Å². The minimum Gasteiger partial charge on any atom is -0.349 e. The lowest BCUT2D eigenvalue weighted by Crippen LogP contribution is -2.44. The first-order valence-electron chi connectivity index (χ1n) is 11.7. The van der Waals surface area contributed by atoms with Gasteiger partial charge in [-0.15, -0.1) is 0 Å². The van der Waals surface area contributed by atoms with Gasteiger partial charge in [0.05, 0.1) is 16.8 Å². The molecule has 0 aromatic heterocycles. The van der Waals surface area contributed by atoms with Gasteiger partial charge in [0.15, 0.2) is 0 Å². The van der Waals surface area contributed by atoms with Crippen molar-refractivity contribution < 1.29 is 14.4 Å². The van der Waals surface area contributed by atoms with Crippen LogP contribution in [-0.2, 0) is 6.54 Å². The summed E-state index contributed by atoms with van der Waals surface area (Å²) in [6.07, 6.45) is 1.75. The standard InChI is InChI=1S/C28H27N3O3/c1-19-7-5-6-10-25(19)31-27(33)23-12-11-21(17-24(23)28(31)34)26(32)29-22-13-15-30(16-14-22)18-20-8-3-2-4-9-20/h2-12,17,22H,13-16,18H2,1H3,(H,29,32). The SMILES string of the molecule is Cc1ccccc1N1C(=O)c2ccc(C(=O)NC3CCN(Cc4ccccc4)CC3)cc2C1=O. The third kappa shape index (κ3) is 4.24. The topological polar surface area (TPSA) is 69.7 Å². The lowest BCUT2D eigenvalue weighted by molar-refractivity contribution is 0.0905. The number of nitrogens with one attached hydrogen (secondary N) is 1. The molecule has 1 saturated heterocycles. The molecule has 0 atom stereocenters.